The van der Waals surface area contributed by atoms with E-state index in [1.165, 1.54) is 29.7 Å². The zero-order valence-electron chi connectivity index (χ0n) is 13.7. The minimum Gasteiger partial charge on any atom is -0.375 e. The van der Waals surface area contributed by atoms with E-state index in [2.05, 4.69) is 55.4 Å². The number of nitrogens with one attached hydrogen (secondary N) is 1. The summed E-state index contributed by atoms with van der Waals surface area (Å²) in [5, 5.41) is 12.9. The summed E-state index contributed by atoms with van der Waals surface area (Å²) in [7, 11) is 2.13. The molecule has 1 unspecified atom stereocenters. The van der Waals surface area contributed by atoms with Crippen LogP contribution < -0.4 is 10.2 Å². The van der Waals surface area contributed by atoms with Crippen LogP contribution in [0.1, 0.15) is 43.7 Å². The highest BCUT2D eigenvalue weighted by molar-refractivity contribution is 5.50. The standard InChI is InChI=1S/C18H27N3/c1-14-10-15(2)12-17(11-14)21(4)9-5-8-18(3,13-19)20-16-6-7-16/h10-12,16,20H,5-9H2,1-4H3. The Hall–Kier alpha value is -1.53. The third-order valence-electron chi connectivity index (χ3n) is 4.16. The highest BCUT2D eigenvalue weighted by atomic mass is 15.1. The van der Waals surface area contributed by atoms with Gasteiger partial charge in [-0.2, -0.15) is 5.26 Å². The number of aryl methyl sites for hydroxylation is 2. The molecule has 114 valence electrons. The maximum Gasteiger partial charge on any atom is 0.104 e. The van der Waals surface area contributed by atoms with E-state index in [1.807, 2.05) is 6.92 Å². The van der Waals surface area contributed by atoms with Gasteiger partial charge >= 0.3 is 0 Å². The molecule has 0 heterocycles. The lowest BCUT2D eigenvalue weighted by Gasteiger charge is -2.26. The van der Waals surface area contributed by atoms with Crippen molar-refractivity contribution in [3.8, 4) is 6.07 Å². The van der Waals surface area contributed by atoms with Gasteiger partial charge in [-0.25, -0.2) is 0 Å². The second-order valence-electron chi connectivity index (χ2n) is 6.73. The smallest absolute Gasteiger partial charge is 0.104 e. The molecule has 0 saturated heterocycles. The number of benzene rings is 1. The molecule has 1 saturated carbocycles. The van der Waals surface area contributed by atoms with Gasteiger partial charge in [0.1, 0.15) is 5.54 Å². The van der Waals surface area contributed by atoms with Crippen molar-refractivity contribution >= 4 is 5.69 Å². The van der Waals surface area contributed by atoms with Crippen LogP contribution in [-0.4, -0.2) is 25.2 Å². The van der Waals surface area contributed by atoms with Crippen molar-refractivity contribution in [1.82, 2.24) is 5.32 Å². The third kappa shape index (κ3) is 4.75. The van der Waals surface area contributed by atoms with Gasteiger partial charge in [0.05, 0.1) is 6.07 Å². The van der Waals surface area contributed by atoms with Gasteiger partial charge in [0, 0.05) is 25.3 Å². The summed E-state index contributed by atoms with van der Waals surface area (Å²) in [4.78, 5) is 2.29. The SMILES string of the molecule is Cc1cc(C)cc(N(C)CCCC(C)(C#N)NC2CC2)c1. The van der Waals surface area contributed by atoms with Crippen molar-refractivity contribution < 1.29 is 0 Å². The molecule has 0 aliphatic heterocycles. The van der Waals surface area contributed by atoms with Gasteiger partial charge in [0.2, 0.25) is 0 Å². The Balaban J connectivity index is 1.85. The third-order valence-corrected chi connectivity index (χ3v) is 4.16. The molecule has 0 aromatic heterocycles. The van der Waals surface area contributed by atoms with E-state index in [0.29, 0.717) is 6.04 Å². The zero-order valence-corrected chi connectivity index (χ0v) is 13.7. The molecule has 3 heteroatoms. The van der Waals surface area contributed by atoms with Crippen molar-refractivity contribution in [1.29, 1.82) is 5.26 Å². The fourth-order valence-corrected chi connectivity index (χ4v) is 2.81. The molecule has 0 bridgehead atoms. The molecule has 2 rings (SSSR count). The van der Waals surface area contributed by atoms with E-state index < -0.39 is 0 Å². The van der Waals surface area contributed by atoms with Crippen LogP contribution in [0.3, 0.4) is 0 Å². The van der Waals surface area contributed by atoms with Gasteiger partial charge in [0.25, 0.3) is 0 Å². The first-order valence-electron chi connectivity index (χ1n) is 7.90. The fraction of sp³-hybridized carbons (Fsp3) is 0.611. The van der Waals surface area contributed by atoms with Crippen LogP contribution in [0.15, 0.2) is 18.2 Å². The van der Waals surface area contributed by atoms with Crippen molar-refractivity contribution in [3.05, 3.63) is 29.3 Å². The highest BCUT2D eigenvalue weighted by Gasteiger charge is 2.31. The van der Waals surface area contributed by atoms with Crippen LogP contribution in [0.5, 0.6) is 0 Å². The molecule has 1 aliphatic carbocycles. The van der Waals surface area contributed by atoms with Crippen molar-refractivity contribution in [2.75, 3.05) is 18.5 Å². The van der Waals surface area contributed by atoms with Crippen LogP contribution in [-0.2, 0) is 0 Å². The number of nitrogens with zero attached hydrogens (tertiary/aromatic N) is 2. The molecule has 0 spiro atoms. The number of hydrogen-bond acceptors (Lipinski definition) is 3. The molecule has 1 atom stereocenters. The lowest BCUT2D eigenvalue weighted by atomic mass is 9.97. The van der Waals surface area contributed by atoms with E-state index in [9.17, 15) is 5.26 Å². The van der Waals surface area contributed by atoms with Crippen LogP contribution in [0.25, 0.3) is 0 Å². The molecule has 1 aromatic carbocycles. The summed E-state index contributed by atoms with van der Waals surface area (Å²) in [5.41, 5.74) is 3.49. The monoisotopic (exact) mass is 285 g/mol. The average molecular weight is 285 g/mol. The molecule has 1 aliphatic rings. The number of nitriles is 1. The number of anilines is 1. The summed E-state index contributed by atoms with van der Waals surface area (Å²) in [6.07, 6.45) is 4.36. The fourth-order valence-electron chi connectivity index (χ4n) is 2.81. The number of hydrogen-bond donors (Lipinski definition) is 1. The maximum atomic E-state index is 9.39. The van der Waals surface area contributed by atoms with Crippen LogP contribution in [0.4, 0.5) is 5.69 Å². The van der Waals surface area contributed by atoms with Gasteiger partial charge in [-0.15, -0.1) is 0 Å². The van der Waals surface area contributed by atoms with E-state index in [1.54, 1.807) is 0 Å². The normalized spacial score (nSPS) is 17.1. The summed E-state index contributed by atoms with van der Waals surface area (Å²) >= 11 is 0. The first kappa shape index (κ1) is 15.9. The average Bonchev–Trinajstić information content (AvgIpc) is 3.21. The molecular formula is C18H27N3. The lowest BCUT2D eigenvalue weighted by molar-refractivity contribution is 0.405. The van der Waals surface area contributed by atoms with Crippen molar-refractivity contribution in [3.63, 3.8) is 0 Å². The van der Waals surface area contributed by atoms with Crippen LogP contribution in [0.2, 0.25) is 0 Å². The highest BCUT2D eigenvalue weighted by Crippen LogP contribution is 2.25. The van der Waals surface area contributed by atoms with Gasteiger partial charge in [-0.05, 0) is 69.7 Å². The molecule has 1 N–H and O–H groups in total. The topological polar surface area (TPSA) is 39.1 Å². The Kier molecular flexibility index (Phi) is 4.90. The van der Waals surface area contributed by atoms with Gasteiger partial charge in [-0.1, -0.05) is 6.07 Å². The second kappa shape index (κ2) is 6.49. The zero-order chi connectivity index (χ0) is 15.5. The van der Waals surface area contributed by atoms with E-state index in [-0.39, 0.29) is 5.54 Å². The Morgan fingerprint density at radius 1 is 1.29 bits per heavy atom. The minimum atomic E-state index is -0.371. The van der Waals surface area contributed by atoms with E-state index in [4.69, 9.17) is 0 Å². The molecule has 0 radical (unpaired) electrons. The molecular weight excluding hydrogens is 258 g/mol. The Morgan fingerprint density at radius 3 is 2.43 bits per heavy atom. The van der Waals surface area contributed by atoms with Crippen LogP contribution >= 0.6 is 0 Å². The Labute approximate surface area is 129 Å². The summed E-state index contributed by atoms with van der Waals surface area (Å²) in [6.45, 7) is 7.28. The van der Waals surface area contributed by atoms with Gasteiger partial charge in [0.15, 0.2) is 0 Å². The molecule has 0 amide bonds. The predicted octanol–water partition coefficient (Wildman–Crippen LogP) is 3.55. The lowest BCUT2D eigenvalue weighted by Crippen LogP contribution is -2.42. The summed E-state index contributed by atoms with van der Waals surface area (Å²) in [6, 6.07) is 9.67. The van der Waals surface area contributed by atoms with Crippen molar-refractivity contribution in [2.24, 2.45) is 0 Å². The van der Waals surface area contributed by atoms with Crippen molar-refractivity contribution in [2.45, 2.75) is 58.0 Å². The quantitative estimate of drug-likeness (QED) is 0.832. The first-order chi connectivity index (χ1) is 9.92. The molecule has 3 nitrogen and oxygen atoms in total. The van der Waals surface area contributed by atoms with Gasteiger partial charge in [-0.3, -0.25) is 5.32 Å². The second-order valence-corrected chi connectivity index (χ2v) is 6.73. The molecule has 1 aromatic rings. The maximum absolute atomic E-state index is 9.39. The van der Waals surface area contributed by atoms with Crippen LogP contribution in [0, 0.1) is 25.2 Å². The van der Waals surface area contributed by atoms with E-state index >= 15 is 0 Å². The predicted molar refractivity (Wildman–Crippen MR) is 88.6 cm³/mol. The molecule has 1 fully saturated rings. The Morgan fingerprint density at radius 2 is 1.90 bits per heavy atom. The summed E-state index contributed by atoms with van der Waals surface area (Å²) in [5.74, 6) is 0. The van der Waals surface area contributed by atoms with Gasteiger partial charge < -0.3 is 4.90 Å². The summed E-state index contributed by atoms with van der Waals surface area (Å²) < 4.78 is 0. The number of rotatable bonds is 7. The minimum absolute atomic E-state index is 0.371. The van der Waals surface area contributed by atoms with E-state index in [0.717, 1.165) is 19.4 Å². The Bertz CT molecular complexity index is 508. The molecule has 21 heavy (non-hydrogen) atoms. The largest absolute Gasteiger partial charge is 0.375 e. The first-order valence-corrected chi connectivity index (χ1v) is 7.90.